The molecule has 0 radical (unpaired) electrons. The number of benzene rings is 1. The van der Waals surface area contributed by atoms with Gasteiger partial charge in [0.15, 0.2) is 0 Å². The third-order valence-electron chi connectivity index (χ3n) is 2.14. The monoisotopic (exact) mass is 294 g/mol. The number of rotatable bonds is 3. The van der Waals surface area contributed by atoms with Crippen molar-refractivity contribution in [1.82, 2.24) is 5.06 Å². The summed E-state index contributed by atoms with van der Waals surface area (Å²) in [6.07, 6.45) is -4.69. The predicted octanol–water partition coefficient (Wildman–Crippen LogP) is 3.15. The van der Waals surface area contributed by atoms with Gasteiger partial charge in [-0.15, -0.1) is 0 Å². The Hall–Kier alpha value is -1.60. The van der Waals surface area contributed by atoms with E-state index in [2.05, 4.69) is 4.99 Å². The minimum absolute atomic E-state index is 0.000977. The first-order chi connectivity index (χ1) is 8.75. The lowest BCUT2D eigenvalue weighted by Gasteiger charge is -2.13. The standard InChI is InChI=1S/C11H10ClF3N2O2/c1-17(19-2)9(18)7-3-5-8(6-4-7)16-10(12)11(13,14)15/h3-6H,1-2H3. The highest BCUT2D eigenvalue weighted by Gasteiger charge is 2.34. The van der Waals surface area contributed by atoms with Crippen LogP contribution in [0.2, 0.25) is 0 Å². The summed E-state index contributed by atoms with van der Waals surface area (Å²) >= 11 is 5.00. The molecule has 1 aromatic carbocycles. The lowest BCUT2D eigenvalue weighted by molar-refractivity contribution is -0.0757. The lowest BCUT2D eigenvalue weighted by atomic mass is 10.2. The molecule has 0 heterocycles. The van der Waals surface area contributed by atoms with Crippen LogP contribution in [0.1, 0.15) is 10.4 Å². The number of nitrogens with zero attached hydrogens (tertiary/aromatic N) is 2. The second-order valence-electron chi connectivity index (χ2n) is 3.43. The van der Waals surface area contributed by atoms with Crippen LogP contribution in [0.4, 0.5) is 18.9 Å². The number of hydroxylamine groups is 2. The quantitative estimate of drug-likeness (QED) is 0.635. The molecule has 4 nitrogen and oxygen atoms in total. The van der Waals surface area contributed by atoms with Gasteiger partial charge in [-0.2, -0.15) is 13.2 Å². The fourth-order valence-corrected chi connectivity index (χ4v) is 1.22. The highest BCUT2D eigenvalue weighted by atomic mass is 35.5. The minimum atomic E-state index is -4.69. The first-order valence-electron chi connectivity index (χ1n) is 4.99. The molecule has 0 N–H and O–H groups in total. The number of halogens is 4. The number of aliphatic imine (C=N–C) groups is 1. The van der Waals surface area contributed by atoms with Gasteiger partial charge in [-0.25, -0.2) is 10.1 Å². The SMILES string of the molecule is CON(C)C(=O)c1ccc(N=C(Cl)C(F)(F)F)cc1. The third kappa shape index (κ3) is 4.22. The molecule has 0 aliphatic carbocycles. The van der Waals surface area contributed by atoms with Crippen LogP contribution in [0.3, 0.4) is 0 Å². The van der Waals surface area contributed by atoms with Gasteiger partial charge in [0.05, 0.1) is 12.8 Å². The molecule has 0 saturated heterocycles. The Morgan fingerprint density at radius 2 is 1.84 bits per heavy atom. The molecule has 0 aromatic heterocycles. The topological polar surface area (TPSA) is 41.9 Å². The van der Waals surface area contributed by atoms with Crippen molar-refractivity contribution in [3.05, 3.63) is 29.8 Å². The Morgan fingerprint density at radius 1 is 1.32 bits per heavy atom. The fraction of sp³-hybridized carbons (Fsp3) is 0.273. The molecule has 8 heteroatoms. The summed E-state index contributed by atoms with van der Waals surface area (Å²) in [4.78, 5) is 19.5. The first-order valence-corrected chi connectivity index (χ1v) is 5.37. The van der Waals surface area contributed by atoms with Gasteiger partial charge in [0.25, 0.3) is 5.91 Å². The molecule has 0 spiro atoms. The fourth-order valence-electron chi connectivity index (χ4n) is 1.12. The zero-order valence-corrected chi connectivity index (χ0v) is 10.8. The van der Waals surface area contributed by atoms with Gasteiger partial charge in [-0.3, -0.25) is 9.63 Å². The summed E-state index contributed by atoms with van der Waals surface area (Å²) in [5.41, 5.74) is 0.255. The van der Waals surface area contributed by atoms with Crippen LogP contribution in [-0.4, -0.2) is 36.5 Å². The molecular weight excluding hydrogens is 285 g/mol. The van der Waals surface area contributed by atoms with Crippen LogP contribution in [-0.2, 0) is 4.84 Å². The van der Waals surface area contributed by atoms with Crippen molar-refractivity contribution in [1.29, 1.82) is 0 Å². The summed E-state index contributed by atoms with van der Waals surface area (Å²) in [5.74, 6) is -0.431. The Bertz CT molecular complexity index is 486. The zero-order chi connectivity index (χ0) is 14.6. The van der Waals surface area contributed by atoms with Crippen molar-refractivity contribution in [3.63, 3.8) is 0 Å². The van der Waals surface area contributed by atoms with Crippen LogP contribution >= 0.6 is 11.6 Å². The number of hydrogen-bond donors (Lipinski definition) is 0. The highest BCUT2D eigenvalue weighted by Crippen LogP contribution is 2.24. The van der Waals surface area contributed by atoms with Gasteiger partial charge in [0.1, 0.15) is 0 Å². The first kappa shape index (κ1) is 15.5. The van der Waals surface area contributed by atoms with E-state index in [1.54, 1.807) is 0 Å². The van der Waals surface area contributed by atoms with Gasteiger partial charge in [0, 0.05) is 12.6 Å². The summed E-state index contributed by atoms with van der Waals surface area (Å²) < 4.78 is 36.5. The van der Waals surface area contributed by atoms with E-state index in [1.807, 2.05) is 0 Å². The third-order valence-corrected chi connectivity index (χ3v) is 2.43. The van der Waals surface area contributed by atoms with Crippen LogP contribution in [0.5, 0.6) is 0 Å². The molecule has 0 aliphatic heterocycles. The Morgan fingerprint density at radius 3 is 2.26 bits per heavy atom. The predicted molar refractivity (Wildman–Crippen MR) is 64.5 cm³/mol. The summed E-state index contributed by atoms with van der Waals surface area (Å²) in [6.45, 7) is 0. The normalized spacial score (nSPS) is 12.4. The highest BCUT2D eigenvalue weighted by molar-refractivity contribution is 6.67. The Labute approximate surface area is 112 Å². The van der Waals surface area contributed by atoms with Crippen molar-refractivity contribution in [2.24, 2.45) is 4.99 Å². The van der Waals surface area contributed by atoms with Gasteiger partial charge in [-0.05, 0) is 24.3 Å². The maximum atomic E-state index is 12.2. The van der Waals surface area contributed by atoms with E-state index in [1.165, 1.54) is 38.4 Å². The van der Waals surface area contributed by atoms with E-state index in [4.69, 9.17) is 16.4 Å². The molecule has 1 rings (SSSR count). The van der Waals surface area contributed by atoms with E-state index in [0.29, 0.717) is 0 Å². The van der Waals surface area contributed by atoms with Crippen molar-refractivity contribution in [3.8, 4) is 0 Å². The number of carbonyl (C=O) groups is 1. The molecule has 1 aromatic rings. The molecule has 104 valence electrons. The van der Waals surface area contributed by atoms with Crippen LogP contribution < -0.4 is 0 Å². The second kappa shape index (κ2) is 6.03. The van der Waals surface area contributed by atoms with Crippen molar-refractivity contribution in [2.45, 2.75) is 6.18 Å². The van der Waals surface area contributed by atoms with Gasteiger partial charge in [0.2, 0.25) is 5.17 Å². The van der Waals surface area contributed by atoms with Crippen LogP contribution in [0.15, 0.2) is 29.3 Å². The van der Waals surface area contributed by atoms with Crippen molar-refractivity contribution < 1.29 is 22.8 Å². The smallest absolute Gasteiger partial charge is 0.274 e. The Balaban J connectivity index is 2.92. The number of alkyl halides is 3. The van der Waals surface area contributed by atoms with E-state index >= 15 is 0 Å². The van der Waals surface area contributed by atoms with Crippen LogP contribution in [0, 0.1) is 0 Å². The van der Waals surface area contributed by atoms with Gasteiger partial charge < -0.3 is 0 Å². The van der Waals surface area contributed by atoms with Gasteiger partial charge >= 0.3 is 6.18 Å². The maximum absolute atomic E-state index is 12.2. The zero-order valence-electron chi connectivity index (χ0n) is 10.0. The van der Waals surface area contributed by atoms with E-state index in [-0.39, 0.29) is 11.3 Å². The van der Waals surface area contributed by atoms with Gasteiger partial charge in [-0.1, -0.05) is 11.6 Å². The van der Waals surface area contributed by atoms with E-state index < -0.39 is 17.3 Å². The largest absolute Gasteiger partial charge is 0.444 e. The van der Waals surface area contributed by atoms with E-state index in [9.17, 15) is 18.0 Å². The molecule has 0 aliphatic rings. The maximum Gasteiger partial charge on any atom is 0.444 e. The Kier molecular flexibility index (Phi) is 4.90. The molecule has 19 heavy (non-hydrogen) atoms. The molecule has 0 unspecified atom stereocenters. The lowest BCUT2D eigenvalue weighted by Crippen LogP contribution is -2.25. The summed E-state index contributed by atoms with van der Waals surface area (Å²) in [5, 5.41) is -0.485. The summed E-state index contributed by atoms with van der Waals surface area (Å²) in [6, 6.07) is 5.17. The van der Waals surface area contributed by atoms with Crippen molar-refractivity contribution >= 4 is 28.4 Å². The molecule has 0 fully saturated rings. The number of carbonyl (C=O) groups excluding carboxylic acids is 1. The van der Waals surface area contributed by atoms with Crippen molar-refractivity contribution in [2.75, 3.05) is 14.2 Å². The molecular formula is C11H10ClF3N2O2. The molecule has 1 amide bonds. The minimum Gasteiger partial charge on any atom is -0.274 e. The average Bonchev–Trinajstić information content (AvgIpc) is 2.36. The second-order valence-corrected chi connectivity index (χ2v) is 3.79. The average molecular weight is 295 g/mol. The molecule has 0 saturated carbocycles. The van der Waals surface area contributed by atoms with Crippen LogP contribution in [0.25, 0.3) is 0 Å². The number of amides is 1. The number of hydrogen-bond acceptors (Lipinski definition) is 3. The molecule has 0 bridgehead atoms. The summed E-state index contributed by atoms with van der Waals surface area (Å²) in [7, 11) is 2.73. The molecule has 0 atom stereocenters. The van der Waals surface area contributed by atoms with E-state index in [0.717, 1.165) is 5.06 Å².